The zero-order valence-electron chi connectivity index (χ0n) is 11.3. The summed E-state index contributed by atoms with van der Waals surface area (Å²) in [7, 11) is 0. The lowest BCUT2D eigenvalue weighted by Gasteiger charge is -2.12. The number of benzene rings is 2. The van der Waals surface area contributed by atoms with Crippen LogP contribution in [0, 0.1) is 5.82 Å². The molecule has 0 atom stereocenters. The summed E-state index contributed by atoms with van der Waals surface area (Å²) in [5.74, 6) is 0.569. The van der Waals surface area contributed by atoms with Crippen LogP contribution in [-0.4, -0.2) is 10.2 Å². The van der Waals surface area contributed by atoms with Crippen LogP contribution >= 0.6 is 11.6 Å². The van der Waals surface area contributed by atoms with Gasteiger partial charge in [0.25, 0.3) is 0 Å². The maximum atomic E-state index is 13.1. The van der Waals surface area contributed by atoms with Gasteiger partial charge in [-0.05, 0) is 24.3 Å². The van der Waals surface area contributed by atoms with Gasteiger partial charge in [0.1, 0.15) is 17.3 Å². The van der Waals surface area contributed by atoms with Crippen molar-refractivity contribution in [3.63, 3.8) is 0 Å². The summed E-state index contributed by atoms with van der Waals surface area (Å²) in [6, 6.07) is 11.7. The van der Waals surface area contributed by atoms with Crippen molar-refractivity contribution in [1.29, 1.82) is 0 Å². The van der Waals surface area contributed by atoms with E-state index < -0.39 is 5.82 Å². The zero-order chi connectivity index (χ0) is 15.4. The molecule has 0 unspecified atom stereocenters. The molecule has 5 nitrogen and oxygen atoms in total. The molecule has 0 amide bonds. The molecule has 0 radical (unpaired) electrons. The van der Waals surface area contributed by atoms with Crippen molar-refractivity contribution in [3.8, 4) is 11.5 Å². The van der Waals surface area contributed by atoms with Gasteiger partial charge in [-0.2, -0.15) is 0 Å². The Kier molecular flexibility index (Phi) is 4.20. The van der Waals surface area contributed by atoms with Gasteiger partial charge in [-0.15, -0.1) is 5.10 Å². The Balaban J connectivity index is 1.78. The molecule has 0 aliphatic heterocycles. The molecule has 7 heteroatoms. The van der Waals surface area contributed by atoms with E-state index in [2.05, 4.69) is 15.5 Å². The van der Waals surface area contributed by atoms with E-state index in [0.29, 0.717) is 24.1 Å². The Bertz CT molecular complexity index is 765. The predicted molar refractivity (Wildman–Crippen MR) is 79.6 cm³/mol. The van der Waals surface area contributed by atoms with Gasteiger partial charge in [-0.25, -0.2) is 4.39 Å². The minimum Gasteiger partial charge on any atom is -0.455 e. The Labute approximate surface area is 130 Å². The SMILES string of the molecule is Fc1ccc(Oc2ccccc2CNc2nnco2)c(Cl)c1. The number of halogens is 2. The number of rotatable bonds is 5. The quantitative estimate of drug-likeness (QED) is 0.761. The highest BCUT2D eigenvalue weighted by molar-refractivity contribution is 6.32. The van der Waals surface area contributed by atoms with E-state index in [1.54, 1.807) is 6.07 Å². The minimum atomic E-state index is -0.413. The molecule has 1 heterocycles. The largest absolute Gasteiger partial charge is 0.455 e. The second kappa shape index (κ2) is 6.44. The third-order valence-electron chi connectivity index (χ3n) is 2.88. The van der Waals surface area contributed by atoms with Crippen LogP contribution in [0.15, 0.2) is 53.3 Å². The molecule has 112 valence electrons. The first-order valence-electron chi connectivity index (χ1n) is 6.43. The Morgan fingerprint density at radius 2 is 2.05 bits per heavy atom. The molecule has 0 aliphatic carbocycles. The molecule has 0 saturated carbocycles. The smallest absolute Gasteiger partial charge is 0.315 e. The van der Waals surface area contributed by atoms with Crippen LogP contribution < -0.4 is 10.1 Å². The fourth-order valence-electron chi connectivity index (χ4n) is 1.85. The number of ether oxygens (including phenoxy) is 1. The molecular formula is C15H11ClFN3O2. The fraction of sp³-hybridized carbons (Fsp3) is 0.0667. The number of hydrogen-bond acceptors (Lipinski definition) is 5. The molecule has 3 rings (SSSR count). The maximum absolute atomic E-state index is 13.1. The molecule has 1 aromatic heterocycles. The van der Waals surface area contributed by atoms with Gasteiger partial charge in [0.2, 0.25) is 6.39 Å². The average molecular weight is 320 g/mol. The summed E-state index contributed by atoms with van der Waals surface area (Å²) in [5, 5.41) is 10.5. The third kappa shape index (κ3) is 3.35. The van der Waals surface area contributed by atoms with Gasteiger partial charge in [0.15, 0.2) is 0 Å². The number of nitrogens with one attached hydrogen (secondary N) is 1. The Hall–Kier alpha value is -2.60. The molecule has 3 aromatic rings. The van der Waals surface area contributed by atoms with E-state index in [1.807, 2.05) is 18.2 Å². The summed E-state index contributed by atoms with van der Waals surface area (Å²) >= 11 is 5.98. The van der Waals surface area contributed by atoms with E-state index >= 15 is 0 Å². The molecule has 0 saturated heterocycles. The molecular weight excluding hydrogens is 309 g/mol. The lowest BCUT2D eigenvalue weighted by Crippen LogP contribution is -2.01. The second-order valence-corrected chi connectivity index (χ2v) is 4.79. The van der Waals surface area contributed by atoms with Crippen LogP contribution in [-0.2, 0) is 6.54 Å². The van der Waals surface area contributed by atoms with Crippen LogP contribution in [0.5, 0.6) is 11.5 Å². The van der Waals surface area contributed by atoms with Crippen LogP contribution in [0.4, 0.5) is 10.4 Å². The Morgan fingerprint density at radius 3 is 2.82 bits per heavy atom. The van der Waals surface area contributed by atoms with Crippen molar-refractivity contribution in [2.75, 3.05) is 5.32 Å². The number of anilines is 1. The number of hydrogen-bond donors (Lipinski definition) is 1. The summed E-state index contributed by atoms with van der Waals surface area (Å²) in [6.45, 7) is 0.428. The first-order chi connectivity index (χ1) is 10.7. The summed E-state index contributed by atoms with van der Waals surface area (Å²) in [6.07, 6.45) is 1.24. The monoisotopic (exact) mass is 319 g/mol. The number of nitrogens with zero attached hydrogens (tertiary/aromatic N) is 2. The maximum Gasteiger partial charge on any atom is 0.315 e. The third-order valence-corrected chi connectivity index (χ3v) is 3.17. The lowest BCUT2D eigenvalue weighted by atomic mass is 10.2. The number of para-hydroxylation sites is 1. The summed E-state index contributed by atoms with van der Waals surface area (Å²) in [5.41, 5.74) is 0.862. The van der Waals surface area contributed by atoms with E-state index in [0.717, 1.165) is 5.56 Å². The zero-order valence-corrected chi connectivity index (χ0v) is 12.0. The molecule has 0 bridgehead atoms. The highest BCUT2D eigenvalue weighted by Gasteiger charge is 2.09. The molecule has 22 heavy (non-hydrogen) atoms. The first kappa shape index (κ1) is 14.3. The van der Waals surface area contributed by atoms with Crippen LogP contribution in [0.25, 0.3) is 0 Å². The van der Waals surface area contributed by atoms with Gasteiger partial charge in [0, 0.05) is 12.1 Å². The summed E-state index contributed by atoms with van der Waals surface area (Å²) < 4.78 is 23.8. The lowest BCUT2D eigenvalue weighted by molar-refractivity contribution is 0.475. The van der Waals surface area contributed by atoms with Gasteiger partial charge in [0.05, 0.1) is 5.02 Å². The normalized spacial score (nSPS) is 10.5. The van der Waals surface area contributed by atoms with Gasteiger partial charge < -0.3 is 14.5 Å². The summed E-state index contributed by atoms with van der Waals surface area (Å²) in [4.78, 5) is 0. The van der Waals surface area contributed by atoms with Gasteiger partial charge in [-0.1, -0.05) is 34.9 Å². The highest BCUT2D eigenvalue weighted by atomic mass is 35.5. The van der Waals surface area contributed by atoms with E-state index in [9.17, 15) is 4.39 Å². The standard InChI is InChI=1S/C15H11ClFN3O2/c16-12-7-11(17)5-6-14(12)22-13-4-2-1-3-10(13)8-18-15-20-19-9-21-15/h1-7,9H,8H2,(H,18,20). The average Bonchev–Trinajstić information content (AvgIpc) is 3.02. The van der Waals surface area contributed by atoms with Crippen LogP contribution in [0.2, 0.25) is 5.02 Å². The minimum absolute atomic E-state index is 0.208. The topological polar surface area (TPSA) is 60.2 Å². The van der Waals surface area contributed by atoms with Crippen molar-refractivity contribution in [3.05, 3.63) is 65.3 Å². The van der Waals surface area contributed by atoms with Crippen LogP contribution in [0.1, 0.15) is 5.56 Å². The second-order valence-electron chi connectivity index (χ2n) is 4.38. The molecule has 0 fully saturated rings. The van der Waals surface area contributed by atoms with Crippen molar-refractivity contribution in [2.24, 2.45) is 0 Å². The first-order valence-corrected chi connectivity index (χ1v) is 6.81. The van der Waals surface area contributed by atoms with Gasteiger partial charge >= 0.3 is 6.01 Å². The molecule has 1 N–H and O–H groups in total. The van der Waals surface area contributed by atoms with Crippen LogP contribution in [0.3, 0.4) is 0 Å². The Morgan fingerprint density at radius 1 is 1.18 bits per heavy atom. The van der Waals surface area contributed by atoms with Crippen molar-refractivity contribution in [1.82, 2.24) is 10.2 Å². The van der Waals surface area contributed by atoms with Crippen molar-refractivity contribution < 1.29 is 13.5 Å². The fourth-order valence-corrected chi connectivity index (χ4v) is 2.05. The molecule has 0 aliphatic rings. The molecule has 2 aromatic carbocycles. The van der Waals surface area contributed by atoms with Crippen molar-refractivity contribution in [2.45, 2.75) is 6.54 Å². The van der Waals surface area contributed by atoms with E-state index in [4.69, 9.17) is 20.8 Å². The molecule has 0 spiro atoms. The highest BCUT2D eigenvalue weighted by Crippen LogP contribution is 2.31. The van der Waals surface area contributed by atoms with E-state index in [-0.39, 0.29) is 5.02 Å². The van der Waals surface area contributed by atoms with Gasteiger partial charge in [-0.3, -0.25) is 0 Å². The predicted octanol–water partition coefficient (Wildman–Crippen LogP) is 4.27. The van der Waals surface area contributed by atoms with E-state index in [1.165, 1.54) is 24.6 Å². The number of aromatic nitrogens is 2. The van der Waals surface area contributed by atoms with Crippen molar-refractivity contribution >= 4 is 17.6 Å².